The van der Waals surface area contributed by atoms with Gasteiger partial charge in [0, 0.05) is 32.4 Å². The number of amides is 3. The average Bonchev–Trinajstić information content (AvgIpc) is 2.96. The number of nitrogens with zero attached hydrogens (tertiary/aromatic N) is 3. The Morgan fingerprint density at radius 3 is 2.71 bits per heavy atom. The van der Waals surface area contributed by atoms with Crippen LogP contribution >= 0.6 is 0 Å². The van der Waals surface area contributed by atoms with E-state index in [1.807, 2.05) is 6.92 Å². The predicted molar refractivity (Wildman–Crippen MR) is 89.6 cm³/mol. The first-order valence-corrected chi connectivity index (χ1v) is 7.52. The Labute approximate surface area is 139 Å². The summed E-state index contributed by atoms with van der Waals surface area (Å²) in [7, 11) is 3.19. The van der Waals surface area contributed by atoms with Crippen LogP contribution in [0.3, 0.4) is 0 Å². The minimum atomic E-state index is -0.623. The molecule has 0 atom stereocenters. The topological polar surface area (TPSA) is 79.3 Å². The number of aromatic nitrogens is 2. The summed E-state index contributed by atoms with van der Waals surface area (Å²) in [5.41, 5.74) is 0.718. The van der Waals surface area contributed by atoms with Crippen molar-refractivity contribution in [3.8, 4) is 0 Å². The number of urea groups is 1. The number of carbonyl (C=O) groups is 2. The van der Waals surface area contributed by atoms with E-state index in [0.717, 1.165) is 19.0 Å². The Bertz CT molecular complexity index is 742. The highest BCUT2D eigenvalue weighted by molar-refractivity contribution is 6.01. The molecule has 0 radical (unpaired) electrons. The van der Waals surface area contributed by atoms with Gasteiger partial charge >= 0.3 is 6.03 Å². The molecule has 0 aliphatic heterocycles. The molecule has 3 amide bonds. The fourth-order valence-corrected chi connectivity index (χ4v) is 2.08. The second-order valence-corrected chi connectivity index (χ2v) is 5.47. The molecule has 24 heavy (non-hydrogen) atoms. The quantitative estimate of drug-likeness (QED) is 0.883. The lowest BCUT2D eigenvalue weighted by molar-refractivity contribution is 0.0827. The van der Waals surface area contributed by atoms with Crippen LogP contribution in [0.1, 0.15) is 23.7 Å². The molecule has 1 aromatic heterocycles. The average molecular weight is 333 g/mol. The molecule has 8 heteroatoms. The van der Waals surface area contributed by atoms with Gasteiger partial charge < -0.3 is 15.5 Å². The maximum absolute atomic E-state index is 13.9. The van der Waals surface area contributed by atoms with Gasteiger partial charge in [-0.25, -0.2) is 9.18 Å². The first-order chi connectivity index (χ1) is 11.4. The lowest BCUT2D eigenvalue weighted by Crippen LogP contribution is -2.23. The van der Waals surface area contributed by atoms with Crippen molar-refractivity contribution in [1.29, 1.82) is 0 Å². The highest BCUT2D eigenvalue weighted by Crippen LogP contribution is 2.17. The molecule has 0 bridgehead atoms. The van der Waals surface area contributed by atoms with Gasteiger partial charge in [-0.1, -0.05) is 6.92 Å². The van der Waals surface area contributed by atoms with Crippen LogP contribution in [-0.4, -0.2) is 40.7 Å². The van der Waals surface area contributed by atoms with Crippen molar-refractivity contribution < 1.29 is 14.0 Å². The smallest absolute Gasteiger partial charge is 0.323 e. The third-order valence-electron chi connectivity index (χ3n) is 3.21. The monoisotopic (exact) mass is 333 g/mol. The first-order valence-electron chi connectivity index (χ1n) is 7.52. The van der Waals surface area contributed by atoms with E-state index in [0.29, 0.717) is 5.69 Å². The predicted octanol–water partition coefficient (Wildman–Crippen LogP) is 2.78. The van der Waals surface area contributed by atoms with Crippen molar-refractivity contribution in [2.24, 2.45) is 0 Å². The molecule has 0 saturated carbocycles. The summed E-state index contributed by atoms with van der Waals surface area (Å²) in [4.78, 5) is 25.3. The summed E-state index contributed by atoms with van der Waals surface area (Å²) in [5.74, 6) is -0.901. The Morgan fingerprint density at radius 1 is 1.29 bits per heavy atom. The minimum Gasteiger partial charge on any atom is -0.345 e. The molecule has 0 spiro atoms. The summed E-state index contributed by atoms with van der Waals surface area (Å²) in [6, 6.07) is 3.21. The van der Waals surface area contributed by atoms with Gasteiger partial charge in [0.05, 0.1) is 17.6 Å². The van der Waals surface area contributed by atoms with E-state index in [-0.39, 0.29) is 17.2 Å². The van der Waals surface area contributed by atoms with Crippen LogP contribution in [0.4, 0.5) is 20.6 Å². The number of hydrogen-bond donors (Lipinski definition) is 2. The molecule has 128 valence electrons. The number of benzene rings is 1. The highest BCUT2D eigenvalue weighted by Gasteiger charge is 2.13. The molecule has 1 aromatic carbocycles. The molecular weight excluding hydrogens is 313 g/mol. The maximum atomic E-state index is 13.9. The summed E-state index contributed by atoms with van der Waals surface area (Å²) < 4.78 is 15.6. The fraction of sp³-hybridized carbons (Fsp3) is 0.312. The molecule has 0 aliphatic rings. The number of anilines is 2. The normalized spacial score (nSPS) is 10.3. The van der Waals surface area contributed by atoms with Crippen LogP contribution in [-0.2, 0) is 6.54 Å². The zero-order chi connectivity index (χ0) is 17.7. The van der Waals surface area contributed by atoms with Crippen LogP contribution in [0.2, 0.25) is 0 Å². The number of hydrogen-bond acceptors (Lipinski definition) is 3. The van der Waals surface area contributed by atoms with Crippen molar-refractivity contribution in [3.63, 3.8) is 0 Å². The largest absolute Gasteiger partial charge is 0.345 e. The molecule has 0 saturated heterocycles. The lowest BCUT2D eigenvalue weighted by Gasteiger charge is -2.12. The molecular formula is C16H20FN5O2. The summed E-state index contributed by atoms with van der Waals surface area (Å²) in [5, 5.41) is 9.06. The Balaban J connectivity index is 2.07. The summed E-state index contributed by atoms with van der Waals surface area (Å²) in [6.07, 6.45) is 4.12. The third kappa shape index (κ3) is 4.31. The van der Waals surface area contributed by atoms with Gasteiger partial charge in [-0.2, -0.15) is 5.10 Å². The maximum Gasteiger partial charge on any atom is 0.323 e. The van der Waals surface area contributed by atoms with Gasteiger partial charge in [0.25, 0.3) is 5.91 Å². The van der Waals surface area contributed by atoms with Gasteiger partial charge in [0.2, 0.25) is 0 Å². The number of aryl methyl sites for hydroxylation is 1. The summed E-state index contributed by atoms with van der Waals surface area (Å²) in [6.45, 7) is 2.76. The third-order valence-corrected chi connectivity index (χ3v) is 3.21. The van der Waals surface area contributed by atoms with E-state index in [1.54, 1.807) is 25.0 Å². The van der Waals surface area contributed by atoms with Crippen molar-refractivity contribution in [2.75, 3.05) is 24.7 Å². The van der Waals surface area contributed by atoms with Crippen LogP contribution in [0.5, 0.6) is 0 Å². The fourth-order valence-electron chi connectivity index (χ4n) is 2.08. The highest BCUT2D eigenvalue weighted by atomic mass is 19.1. The van der Waals surface area contributed by atoms with E-state index in [1.165, 1.54) is 23.2 Å². The lowest BCUT2D eigenvalue weighted by atomic mass is 10.1. The standard InChI is InChI=1S/C16H20FN5O2/c1-4-7-22-10-12(9-18-22)19-16(24)20-14-8-11(5-6-13(14)17)15(23)21(2)3/h5-6,8-10H,4,7H2,1-3H3,(H2,19,20,24). The molecule has 0 unspecified atom stereocenters. The van der Waals surface area contributed by atoms with Crippen molar-refractivity contribution >= 4 is 23.3 Å². The Hall–Kier alpha value is -2.90. The molecule has 0 aliphatic carbocycles. The van der Waals surface area contributed by atoms with Gasteiger partial charge in [0.15, 0.2) is 0 Å². The van der Waals surface area contributed by atoms with Crippen LogP contribution in [0, 0.1) is 5.82 Å². The van der Waals surface area contributed by atoms with Gasteiger partial charge in [-0.15, -0.1) is 0 Å². The van der Waals surface area contributed by atoms with Crippen LogP contribution in [0.25, 0.3) is 0 Å². The molecule has 0 fully saturated rings. The van der Waals surface area contributed by atoms with Gasteiger partial charge in [-0.3, -0.25) is 9.48 Å². The van der Waals surface area contributed by atoms with Gasteiger partial charge in [-0.05, 0) is 24.6 Å². The molecule has 7 nitrogen and oxygen atoms in total. The van der Waals surface area contributed by atoms with Crippen molar-refractivity contribution in [1.82, 2.24) is 14.7 Å². The van der Waals surface area contributed by atoms with E-state index < -0.39 is 11.8 Å². The molecule has 2 N–H and O–H groups in total. The Morgan fingerprint density at radius 2 is 2.04 bits per heavy atom. The Kier molecular flexibility index (Phi) is 5.51. The molecule has 2 aromatic rings. The van der Waals surface area contributed by atoms with Crippen molar-refractivity contribution in [2.45, 2.75) is 19.9 Å². The van der Waals surface area contributed by atoms with E-state index in [4.69, 9.17) is 0 Å². The van der Waals surface area contributed by atoms with Gasteiger partial charge in [0.1, 0.15) is 5.82 Å². The number of nitrogens with one attached hydrogen (secondary N) is 2. The van der Waals surface area contributed by atoms with Crippen LogP contribution < -0.4 is 10.6 Å². The zero-order valence-corrected chi connectivity index (χ0v) is 13.8. The number of carbonyl (C=O) groups excluding carboxylic acids is 2. The van der Waals surface area contributed by atoms with E-state index >= 15 is 0 Å². The second-order valence-electron chi connectivity index (χ2n) is 5.47. The molecule has 1 heterocycles. The minimum absolute atomic E-state index is 0.0684. The van der Waals surface area contributed by atoms with Crippen LogP contribution in [0.15, 0.2) is 30.6 Å². The SMILES string of the molecule is CCCn1cc(NC(=O)Nc2cc(C(=O)N(C)C)ccc2F)cn1. The van der Waals surface area contributed by atoms with Crippen molar-refractivity contribution in [3.05, 3.63) is 42.0 Å². The first kappa shape index (κ1) is 17.5. The summed E-state index contributed by atoms with van der Waals surface area (Å²) >= 11 is 0. The second kappa shape index (κ2) is 7.58. The molecule has 2 rings (SSSR count). The number of halogens is 1. The number of rotatable bonds is 5. The van der Waals surface area contributed by atoms with E-state index in [9.17, 15) is 14.0 Å². The van der Waals surface area contributed by atoms with E-state index in [2.05, 4.69) is 15.7 Å². The zero-order valence-electron chi connectivity index (χ0n) is 13.8.